The molecule has 0 bridgehead atoms. The lowest BCUT2D eigenvalue weighted by Gasteiger charge is -2.41. The lowest BCUT2D eigenvalue weighted by molar-refractivity contribution is -0.0260. The van der Waals surface area contributed by atoms with Gasteiger partial charge in [-0.05, 0) is 65.7 Å². The van der Waals surface area contributed by atoms with Crippen LogP contribution in [-0.2, 0) is 9.47 Å². The second kappa shape index (κ2) is 6.55. The smallest absolute Gasteiger partial charge is 0.0623 e. The Bertz CT molecular complexity index is 262. The van der Waals surface area contributed by atoms with Crippen LogP contribution >= 0.6 is 0 Å². The fourth-order valence-electron chi connectivity index (χ4n) is 2.44. The molecule has 1 aliphatic rings. The fraction of sp³-hybridized carbons (Fsp3) is 1.00. The van der Waals surface area contributed by atoms with Crippen molar-refractivity contribution in [3.8, 4) is 0 Å². The van der Waals surface area contributed by atoms with Crippen molar-refractivity contribution in [2.45, 2.75) is 71.4 Å². The second-order valence-corrected chi connectivity index (χ2v) is 7.68. The van der Waals surface area contributed by atoms with Crippen molar-refractivity contribution in [2.75, 3.05) is 26.9 Å². The molecule has 0 radical (unpaired) electrons. The Morgan fingerprint density at radius 2 is 1.68 bits per heavy atom. The molecule has 0 aromatic heterocycles. The van der Waals surface area contributed by atoms with Crippen molar-refractivity contribution in [1.29, 1.82) is 0 Å². The second-order valence-electron chi connectivity index (χ2n) is 7.68. The SMILES string of the molecule is COC(C)(C)CCC1(CNC(C)(C)C)CCOCC1. The highest BCUT2D eigenvalue weighted by atomic mass is 16.5. The maximum atomic E-state index is 5.57. The summed E-state index contributed by atoms with van der Waals surface area (Å²) >= 11 is 0. The number of rotatable bonds is 6. The summed E-state index contributed by atoms with van der Waals surface area (Å²) in [6, 6.07) is 0. The average Bonchev–Trinajstić information content (AvgIpc) is 2.35. The first-order valence-electron chi connectivity index (χ1n) is 7.56. The Morgan fingerprint density at radius 1 is 1.11 bits per heavy atom. The van der Waals surface area contributed by atoms with Crippen LogP contribution < -0.4 is 5.32 Å². The van der Waals surface area contributed by atoms with E-state index in [1.165, 1.54) is 6.42 Å². The van der Waals surface area contributed by atoms with Gasteiger partial charge >= 0.3 is 0 Å². The number of hydrogen-bond acceptors (Lipinski definition) is 3. The minimum Gasteiger partial charge on any atom is -0.381 e. The van der Waals surface area contributed by atoms with Crippen LogP contribution in [-0.4, -0.2) is 38.0 Å². The highest BCUT2D eigenvalue weighted by molar-refractivity contribution is 4.88. The molecule has 1 heterocycles. The van der Waals surface area contributed by atoms with Gasteiger partial charge in [0.1, 0.15) is 0 Å². The zero-order valence-electron chi connectivity index (χ0n) is 13.8. The number of hydrogen-bond donors (Lipinski definition) is 1. The van der Waals surface area contributed by atoms with E-state index in [0.29, 0.717) is 5.41 Å². The molecule has 114 valence electrons. The van der Waals surface area contributed by atoms with Gasteiger partial charge in [0.05, 0.1) is 5.60 Å². The van der Waals surface area contributed by atoms with E-state index < -0.39 is 0 Å². The lowest BCUT2D eigenvalue weighted by atomic mass is 9.74. The van der Waals surface area contributed by atoms with Gasteiger partial charge in [0.25, 0.3) is 0 Å². The standard InChI is InChI=1S/C16H33NO2/c1-14(2,3)17-13-16(9-11-19-12-10-16)8-7-15(4,5)18-6/h17H,7-13H2,1-6H3. The van der Waals surface area contributed by atoms with E-state index >= 15 is 0 Å². The third-order valence-electron chi connectivity index (χ3n) is 4.36. The van der Waals surface area contributed by atoms with Crippen LogP contribution in [0, 0.1) is 5.41 Å². The van der Waals surface area contributed by atoms with Crippen LogP contribution in [0.15, 0.2) is 0 Å². The predicted molar refractivity (Wildman–Crippen MR) is 80.6 cm³/mol. The molecule has 19 heavy (non-hydrogen) atoms. The summed E-state index contributed by atoms with van der Waals surface area (Å²) in [5.41, 5.74) is 0.538. The summed E-state index contributed by atoms with van der Waals surface area (Å²) in [5.74, 6) is 0. The van der Waals surface area contributed by atoms with Crippen LogP contribution in [0.5, 0.6) is 0 Å². The molecule has 1 rings (SSSR count). The van der Waals surface area contributed by atoms with Gasteiger partial charge in [0, 0.05) is 32.4 Å². The van der Waals surface area contributed by atoms with Crippen molar-refractivity contribution < 1.29 is 9.47 Å². The first-order chi connectivity index (χ1) is 8.68. The number of ether oxygens (including phenoxy) is 2. The molecule has 0 unspecified atom stereocenters. The van der Waals surface area contributed by atoms with E-state index in [9.17, 15) is 0 Å². The molecule has 0 saturated carbocycles. The van der Waals surface area contributed by atoms with Gasteiger partial charge in [-0.2, -0.15) is 0 Å². The average molecular weight is 271 g/mol. The first kappa shape index (κ1) is 16.9. The summed E-state index contributed by atoms with van der Waals surface area (Å²) in [4.78, 5) is 0. The van der Waals surface area contributed by atoms with Gasteiger partial charge in [-0.3, -0.25) is 0 Å². The fourth-order valence-corrected chi connectivity index (χ4v) is 2.44. The van der Waals surface area contributed by atoms with Crippen LogP contribution in [0.4, 0.5) is 0 Å². The highest BCUT2D eigenvalue weighted by Gasteiger charge is 2.35. The quantitative estimate of drug-likeness (QED) is 0.803. The molecule has 0 atom stereocenters. The van der Waals surface area contributed by atoms with Gasteiger partial charge in [-0.1, -0.05) is 0 Å². The zero-order valence-corrected chi connectivity index (χ0v) is 13.8. The predicted octanol–water partition coefficient (Wildman–Crippen LogP) is 3.38. The zero-order chi connectivity index (χ0) is 14.6. The van der Waals surface area contributed by atoms with Crippen LogP contribution in [0.25, 0.3) is 0 Å². The lowest BCUT2D eigenvalue weighted by Crippen LogP contribution is -2.46. The van der Waals surface area contributed by atoms with E-state index in [-0.39, 0.29) is 11.1 Å². The van der Waals surface area contributed by atoms with Crippen LogP contribution in [0.3, 0.4) is 0 Å². The Labute approximate surface area is 119 Å². The van der Waals surface area contributed by atoms with E-state index in [1.807, 2.05) is 7.11 Å². The van der Waals surface area contributed by atoms with Gasteiger partial charge in [0.15, 0.2) is 0 Å². The molecule has 1 aliphatic heterocycles. The van der Waals surface area contributed by atoms with Gasteiger partial charge in [-0.25, -0.2) is 0 Å². The van der Waals surface area contributed by atoms with E-state index in [2.05, 4.69) is 39.9 Å². The van der Waals surface area contributed by atoms with Gasteiger partial charge < -0.3 is 14.8 Å². The van der Waals surface area contributed by atoms with Crippen molar-refractivity contribution in [1.82, 2.24) is 5.32 Å². The molecule has 1 N–H and O–H groups in total. The minimum absolute atomic E-state index is 0.0208. The Morgan fingerprint density at radius 3 is 2.16 bits per heavy atom. The van der Waals surface area contributed by atoms with Crippen molar-refractivity contribution in [3.05, 3.63) is 0 Å². The Hall–Kier alpha value is -0.120. The maximum Gasteiger partial charge on any atom is 0.0623 e. The first-order valence-corrected chi connectivity index (χ1v) is 7.56. The number of nitrogens with one attached hydrogen (secondary N) is 1. The summed E-state index contributed by atoms with van der Waals surface area (Å²) in [5, 5.41) is 3.69. The third-order valence-corrected chi connectivity index (χ3v) is 4.36. The molecular weight excluding hydrogens is 238 g/mol. The Balaban J connectivity index is 2.60. The topological polar surface area (TPSA) is 30.5 Å². The van der Waals surface area contributed by atoms with E-state index in [0.717, 1.165) is 39.0 Å². The molecule has 0 aromatic carbocycles. The summed E-state index contributed by atoms with van der Waals surface area (Å²) < 4.78 is 11.1. The van der Waals surface area contributed by atoms with Crippen molar-refractivity contribution in [3.63, 3.8) is 0 Å². The van der Waals surface area contributed by atoms with E-state index in [4.69, 9.17) is 9.47 Å². The molecule has 0 aliphatic carbocycles. The highest BCUT2D eigenvalue weighted by Crippen LogP contribution is 2.37. The normalized spacial score (nSPS) is 20.5. The molecule has 0 spiro atoms. The minimum atomic E-state index is -0.0208. The molecule has 0 aromatic rings. The van der Waals surface area contributed by atoms with Crippen molar-refractivity contribution >= 4 is 0 Å². The summed E-state index contributed by atoms with van der Waals surface area (Å²) in [6.45, 7) is 13.9. The molecule has 3 nitrogen and oxygen atoms in total. The van der Waals surface area contributed by atoms with Crippen molar-refractivity contribution in [2.24, 2.45) is 5.41 Å². The van der Waals surface area contributed by atoms with Crippen LogP contribution in [0.2, 0.25) is 0 Å². The molecule has 0 amide bonds. The maximum absolute atomic E-state index is 5.57. The molecular formula is C16H33NO2. The third kappa shape index (κ3) is 6.24. The summed E-state index contributed by atoms with van der Waals surface area (Å²) in [7, 11) is 1.81. The van der Waals surface area contributed by atoms with Gasteiger partial charge in [0.2, 0.25) is 0 Å². The number of methoxy groups -OCH3 is 1. The Kier molecular flexibility index (Phi) is 5.84. The molecule has 3 heteroatoms. The van der Waals surface area contributed by atoms with Gasteiger partial charge in [-0.15, -0.1) is 0 Å². The van der Waals surface area contributed by atoms with Crippen LogP contribution in [0.1, 0.15) is 60.3 Å². The largest absolute Gasteiger partial charge is 0.381 e. The monoisotopic (exact) mass is 271 g/mol. The molecule has 1 saturated heterocycles. The van der Waals surface area contributed by atoms with E-state index in [1.54, 1.807) is 0 Å². The summed E-state index contributed by atoms with van der Waals surface area (Å²) in [6.07, 6.45) is 4.64. The molecule has 1 fully saturated rings.